The molecule has 1 aliphatic rings. The Hall–Kier alpha value is -3.84. The van der Waals surface area contributed by atoms with E-state index in [1.165, 1.54) is 6.33 Å². The Balaban J connectivity index is 1.44. The third kappa shape index (κ3) is 3.80. The quantitative estimate of drug-likeness (QED) is 0.355. The largest absolute Gasteiger partial charge is 0.382 e. The molecule has 7 heteroatoms. The summed E-state index contributed by atoms with van der Waals surface area (Å²) in [5, 5.41) is 5.68. The van der Waals surface area contributed by atoms with Crippen LogP contribution in [0.3, 0.4) is 0 Å². The molecule has 2 N–H and O–H groups in total. The van der Waals surface area contributed by atoms with E-state index in [2.05, 4.69) is 72.3 Å². The minimum Gasteiger partial charge on any atom is -0.382 e. The number of anilines is 1. The lowest BCUT2D eigenvalue weighted by molar-refractivity contribution is 0.180. The summed E-state index contributed by atoms with van der Waals surface area (Å²) in [6.45, 7) is 6.51. The highest BCUT2D eigenvalue weighted by Crippen LogP contribution is 2.43. The summed E-state index contributed by atoms with van der Waals surface area (Å²) in [6, 6.07) is 18.7. The monoisotopic (exact) mass is 477 g/mol. The van der Waals surface area contributed by atoms with Gasteiger partial charge in [-0.25, -0.2) is 19.5 Å². The Kier molecular flexibility index (Phi) is 5.64. The van der Waals surface area contributed by atoms with Crippen LogP contribution >= 0.6 is 0 Å². The first kappa shape index (κ1) is 22.6. The average Bonchev–Trinajstić information content (AvgIpc) is 3.26. The summed E-state index contributed by atoms with van der Waals surface area (Å²) in [5.74, 6) is 2.50. The molecule has 3 aromatic heterocycles. The maximum atomic E-state index is 6.41. The van der Waals surface area contributed by atoms with E-state index in [0.717, 1.165) is 76.3 Å². The number of benzene rings is 2. The topological polar surface area (TPSA) is 85.2 Å². The summed E-state index contributed by atoms with van der Waals surface area (Å²) >= 11 is 0. The van der Waals surface area contributed by atoms with E-state index >= 15 is 0 Å². The van der Waals surface area contributed by atoms with Crippen molar-refractivity contribution in [3.8, 4) is 22.5 Å². The maximum Gasteiger partial charge on any atom is 0.153 e. The van der Waals surface area contributed by atoms with Gasteiger partial charge in [-0.1, -0.05) is 55.5 Å². The predicted molar refractivity (Wildman–Crippen MR) is 145 cm³/mol. The molecule has 0 bridgehead atoms. The number of hydrogen-bond donors (Lipinski definition) is 1. The molecule has 1 aliphatic carbocycles. The Morgan fingerprint density at radius 3 is 2.58 bits per heavy atom. The third-order valence-corrected chi connectivity index (χ3v) is 7.64. The second-order valence-corrected chi connectivity index (χ2v) is 9.99. The van der Waals surface area contributed by atoms with Gasteiger partial charge >= 0.3 is 0 Å². The smallest absolute Gasteiger partial charge is 0.153 e. The van der Waals surface area contributed by atoms with E-state index in [1.807, 2.05) is 22.7 Å². The number of hydrogen-bond acceptors (Lipinski definition) is 6. The summed E-state index contributed by atoms with van der Waals surface area (Å²) < 4.78 is 1.92. The second kappa shape index (κ2) is 8.99. The van der Waals surface area contributed by atoms with Crippen LogP contribution in [-0.2, 0) is 0 Å². The van der Waals surface area contributed by atoms with Crippen LogP contribution in [0.1, 0.15) is 37.1 Å². The Morgan fingerprint density at radius 1 is 1.03 bits per heavy atom. The van der Waals surface area contributed by atoms with Gasteiger partial charge in [0.2, 0.25) is 0 Å². The van der Waals surface area contributed by atoms with Crippen molar-refractivity contribution in [3.05, 3.63) is 72.3 Å². The molecule has 0 aliphatic heterocycles. The predicted octanol–water partition coefficient (Wildman–Crippen LogP) is 5.34. The zero-order chi connectivity index (χ0) is 24.8. The van der Waals surface area contributed by atoms with Crippen molar-refractivity contribution in [1.29, 1.82) is 0 Å². The number of nitrogens with two attached hydrogens (primary N) is 1. The molecule has 0 saturated heterocycles. The Labute approximate surface area is 211 Å². The molecule has 0 spiro atoms. The first-order valence-corrected chi connectivity index (χ1v) is 12.7. The lowest BCUT2D eigenvalue weighted by atomic mass is 9.74. The molecule has 0 amide bonds. The van der Waals surface area contributed by atoms with Gasteiger partial charge in [0, 0.05) is 29.0 Å². The van der Waals surface area contributed by atoms with Crippen LogP contribution < -0.4 is 5.73 Å². The molecule has 1 fully saturated rings. The average molecular weight is 478 g/mol. The molecule has 2 aromatic carbocycles. The summed E-state index contributed by atoms with van der Waals surface area (Å²) in [4.78, 5) is 16.9. The first-order valence-electron chi connectivity index (χ1n) is 12.7. The number of imidazole rings is 1. The lowest BCUT2D eigenvalue weighted by Crippen LogP contribution is -2.34. The van der Waals surface area contributed by atoms with Gasteiger partial charge in [0.25, 0.3) is 0 Å². The van der Waals surface area contributed by atoms with Crippen molar-refractivity contribution in [2.24, 2.45) is 5.92 Å². The SMILES string of the molecule is CCN(C)CC1CC(c2nc(-c3ccc4ccc(-c5ccccc5)nc4c3C)c3c(N)ncnn23)C1. The van der Waals surface area contributed by atoms with Crippen LogP contribution in [0.2, 0.25) is 0 Å². The fourth-order valence-electron chi connectivity index (χ4n) is 5.45. The van der Waals surface area contributed by atoms with E-state index in [9.17, 15) is 0 Å². The van der Waals surface area contributed by atoms with Gasteiger partial charge in [-0.05, 0) is 50.9 Å². The Morgan fingerprint density at radius 2 is 1.81 bits per heavy atom. The summed E-state index contributed by atoms with van der Waals surface area (Å²) in [5.41, 5.74) is 13.2. The number of pyridine rings is 1. The number of nitrogen functional groups attached to an aromatic ring is 1. The van der Waals surface area contributed by atoms with E-state index in [1.54, 1.807) is 0 Å². The van der Waals surface area contributed by atoms with Gasteiger partial charge in [-0.2, -0.15) is 5.10 Å². The van der Waals surface area contributed by atoms with Crippen molar-refractivity contribution in [3.63, 3.8) is 0 Å². The van der Waals surface area contributed by atoms with Gasteiger partial charge in [0.05, 0.1) is 11.2 Å². The fraction of sp³-hybridized carbons (Fsp3) is 0.310. The molecule has 0 atom stereocenters. The fourth-order valence-corrected chi connectivity index (χ4v) is 5.45. The number of nitrogens with zero attached hydrogens (tertiary/aromatic N) is 6. The van der Waals surface area contributed by atoms with E-state index in [-0.39, 0.29) is 0 Å². The molecule has 1 saturated carbocycles. The number of aryl methyl sites for hydroxylation is 1. The molecule has 36 heavy (non-hydrogen) atoms. The highest BCUT2D eigenvalue weighted by Gasteiger charge is 2.35. The van der Waals surface area contributed by atoms with Gasteiger partial charge in [-0.3, -0.25) is 0 Å². The van der Waals surface area contributed by atoms with Gasteiger partial charge in [-0.15, -0.1) is 0 Å². The molecule has 6 rings (SSSR count). The molecule has 0 radical (unpaired) electrons. The number of aromatic nitrogens is 5. The molecule has 0 unspecified atom stereocenters. The summed E-state index contributed by atoms with van der Waals surface area (Å²) in [7, 11) is 2.18. The zero-order valence-corrected chi connectivity index (χ0v) is 21.0. The minimum absolute atomic E-state index is 0.374. The highest BCUT2D eigenvalue weighted by molar-refractivity contribution is 5.94. The van der Waals surface area contributed by atoms with E-state index in [4.69, 9.17) is 15.7 Å². The minimum atomic E-state index is 0.374. The molecule has 7 nitrogen and oxygen atoms in total. The van der Waals surface area contributed by atoms with Crippen LogP contribution in [0, 0.1) is 12.8 Å². The second-order valence-electron chi connectivity index (χ2n) is 9.99. The van der Waals surface area contributed by atoms with Gasteiger partial charge < -0.3 is 10.6 Å². The standard InChI is InChI=1S/C29H31N7/c1-4-35(3)16-19-14-22(15-19)29-34-26(27-28(30)31-17-32-36(27)29)23-12-10-21-11-13-24(33-25(21)18(23)2)20-8-6-5-7-9-20/h5-13,17,19,22H,4,14-16H2,1-3H3,(H2,30,31,32). The van der Waals surface area contributed by atoms with E-state index < -0.39 is 0 Å². The third-order valence-electron chi connectivity index (χ3n) is 7.64. The first-order chi connectivity index (χ1) is 17.5. The highest BCUT2D eigenvalue weighted by atomic mass is 15.3. The van der Waals surface area contributed by atoms with Crippen LogP contribution in [0.15, 0.2) is 60.9 Å². The van der Waals surface area contributed by atoms with Crippen molar-refractivity contribution in [2.75, 3.05) is 25.9 Å². The molecular weight excluding hydrogens is 446 g/mol. The van der Waals surface area contributed by atoms with Gasteiger partial charge in [0.1, 0.15) is 23.4 Å². The van der Waals surface area contributed by atoms with Crippen molar-refractivity contribution < 1.29 is 0 Å². The van der Waals surface area contributed by atoms with Crippen molar-refractivity contribution >= 4 is 22.2 Å². The van der Waals surface area contributed by atoms with Crippen LogP contribution in [0.5, 0.6) is 0 Å². The van der Waals surface area contributed by atoms with E-state index in [0.29, 0.717) is 17.7 Å². The van der Waals surface area contributed by atoms with Crippen LogP contribution in [-0.4, -0.2) is 49.6 Å². The van der Waals surface area contributed by atoms with Crippen LogP contribution in [0.4, 0.5) is 5.82 Å². The normalized spacial score (nSPS) is 17.7. The lowest BCUT2D eigenvalue weighted by Gasteiger charge is -2.36. The Bertz CT molecular complexity index is 1550. The van der Waals surface area contributed by atoms with Crippen molar-refractivity contribution in [2.45, 2.75) is 32.6 Å². The van der Waals surface area contributed by atoms with Gasteiger partial charge in [0.15, 0.2) is 5.82 Å². The van der Waals surface area contributed by atoms with Crippen LogP contribution in [0.25, 0.3) is 38.9 Å². The number of rotatable bonds is 6. The van der Waals surface area contributed by atoms with Crippen molar-refractivity contribution in [1.82, 2.24) is 29.5 Å². The molecule has 182 valence electrons. The molecular formula is C29H31N7. The maximum absolute atomic E-state index is 6.41. The molecule has 5 aromatic rings. The molecule has 3 heterocycles. The zero-order valence-electron chi connectivity index (χ0n) is 21.0. The number of fused-ring (bicyclic) bond motifs is 2. The summed E-state index contributed by atoms with van der Waals surface area (Å²) in [6.07, 6.45) is 3.76.